The van der Waals surface area contributed by atoms with Crippen LogP contribution in [0.2, 0.25) is 5.02 Å². The van der Waals surface area contributed by atoms with E-state index in [1.54, 1.807) is 6.07 Å². The summed E-state index contributed by atoms with van der Waals surface area (Å²) in [6.45, 7) is 0.912. The van der Waals surface area contributed by atoms with E-state index in [9.17, 15) is 18.0 Å². The van der Waals surface area contributed by atoms with Gasteiger partial charge in [-0.05, 0) is 41.5 Å². The van der Waals surface area contributed by atoms with Crippen LogP contribution in [0.4, 0.5) is 13.2 Å². The van der Waals surface area contributed by atoms with E-state index in [0.29, 0.717) is 29.4 Å². The number of fused-ring (bicyclic) bond motifs is 1. The van der Waals surface area contributed by atoms with Crippen LogP contribution in [0.15, 0.2) is 78.9 Å². The lowest BCUT2D eigenvalue weighted by Gasteiger charge is -2.12. The minimum absolute atomic E-state index is 0.0233. The lowest BCUT2D eigenvalue weighted by molar-refractivity contribution is -0.192. The molecule has 0 saturated carbocycles. The number of aromatic nitrogens is 1. The monoisotopic (exact) mass is 530 g/mol. The Morgan fingerprint density at radius 1 is 0.973 bits per heavy atom. The molecule has 1 aromatic heterocycles. The van der Waals surface area contributed by atoms with Crippen molar-refractivity contribution in [3.63, 3.8) is 0 Å². The fourth-order valence-corrected chi connectivity index (χ4v) is 3.59. The highest BCUT2D eigenvalue weighted by atomic mass is 35.5. The summed E-state index contributed by atoms with van der Waals surface area (Å²) in [6.07, 6.45) is -5.08. The average molecular weight is 531 g/mol. The van der Waals surface area contributed by atoms with Crippen LogP contribution in [0.5, 0.6) is 0 Å². The first-order valence-electron chi connectivity index (χ1n) is 10.8. The van der Waals surface area contributed by atoms with Crippen LogP contribution in [-0.4, -0.2) is 33.6 Å². The number of hydrogen-bond donors (Lipinski definition) is 4. The number of aliphatic carboxylic acids is 1. The third-order valence-electron chi connectivity index (χ3n) is 5.23. The average Bonchev–Trinajstić information content (AvgIpc) is 3.22. The quantitative estimate of drug-likeness (QED) is 0.202. The van der Waals surface area contributed by atoms with Crippen molar-refractivity contribution in [3.8, 4) is 0 Å². The number of rotatable bonds is 6. The molecule has 0 saturated heterocycles. The predicted octanol–water partition coefficient (Wildman–Crippen LogP) is 5.19. The van der Waals surface area contributed by atoms with Gasteiger partial charge in [0.15, 0.2) is 0 Å². The van der Waals surface area contributed by atoms with Gasteiger partial charge in [-0.25, -0.2) is 4.79 Å². The lowest BCUT2D eigenvalue weighted by Crippen LogP contribution is -2.25. The van der Waals surface area contributed by atoms with Gasteiger partial charge in [-0.1, -0.05) is 60.1 Å². The van der Waals surface area contributed by atoms with Gasteiger partial charge in [0.05, 0.1) is 0 Å². The molecule has 4 aromatic rings. The van der Waals surface area contributed by atoms with Gasteiger partial charge in [0.2, 0.25) is 0 Å². The van der Waals surface area contributed by atoms with Gasteiger partial charge >= 0.3 is 12.1 Å². The molecular weight excluding hydrogens is 509 g/mol. The van der Waals surface area contributed by atoms with E-state index in [0.717, 1.165) is 22.0 Å². The van der Waals surface area contributed by atoms with Crippen LogP contribution in [-0.2, 0) is 17.9 Å². The first kappa shape index (κ1) is 27.3. The molecule has 4 rings (SSSR count). The van der Waals surface area contributed by atoms with Gasteiger partial charge < -0.3 is 20.7 Å². The highest BCUT2D eigenvalue weighted by molar-refractivity contribution is 6.30. The van der Waals surface area contributed by atoms with Crippen LogP contribution in [0.3, 0.4) is 0 Å². The second kappa shape index (κ2) is 11.6. The fourth-order valence-electron chi connectivity index (χ4n) is 3.46. The predicted molar refractivity (Wildman–Crippen MR) is 135 cm³/mol. The largest absolute Gasteiger partial charge is 0.490 e. The van der Waals surface area contributed by atoms with Crippen molar-refractivity contribution in [2.24, 2.45) is 5.73 Å². The number of carbonyl (C=O) groups excluding carboxylic acids is 1. The molecule has 0 fully saturated rings. The molecule has 7 nitrogen and oxygen atoms in total. The Bertz CT molecular complexity index is 1430. The highest BCUT2D eigenvalue weighted by Crippen LogP contribution is 2.22. The molecule has 0 aliphatic heterocycles. The Morgan fingerprint density at radius 3 is 2.24 bits per heavy atom. The van der Waals surface area contributed by atoms with E-state index in [2.05, 4.69) is 5.32 Å². The van der Waals surface area contributed by atoms with E-state index in [4.69, 9.17) is 32.6 Å². The lowest BCUT2D eigenvalue weighted by atomic mass is 10.1. The standard InChI is InChI=1S/C24H21ClN4O.C2HF3O2/c25-20-10-8-16(9-11-20)14-28-24(30)22-13-18-5-1-2-7-21(18)29(22)15-17-4-3-6-19(12-17)23(26)27;3-2(4,5)1(6)7/h1-13H,14-15H2,(H3,26,27)(H,28,30);(H,6,7). The summed E-state index contributed by atoms with van der Waals surface area (Å²) in [4.78, 5) is 21.9. The zero-order valence-corrected chi connectivity index (χ0v) is 20.0. The first-order valence-corrected chi connectivity index (χ1v) is 11.2. The normalized spacial score (nSPS) is 10.9. The summed E-state index contributed by atoms with van der Waals surface area (Å²) in [5, 5.41) is 19.5. The number of nitrogens with one attached hydrogen (secondary N) is 2. The molecule has 0 spiro atoms. The second-order valence-electron chi connectivity index (χ2n) is 7.90. The van der Waals surface area contributed by atoms with Crippen molar-refractivity contribution >= 4 is 40.2 Å². The summed E-state index contributed by atoms with van der Waals surface area (Å²) in [5.74, 6) is -2.88. The van der Waals surface area contributed by atoms with E-state index in [-0.39, 0.29) is 11.7 Å². The maximum Gasteiger partial charge on any atom is 0.490 e. The minimum Gasteiger partial charge on any atom is -0.475 e. The Labute approximate surface area is 214 Å². The van der Waals surface area contributed by atoms with Gasteiger partial charge in [0, 0.05) is 34.6 Å². The van der Waals surface area contributed by atoms with Crippen LogP contribution < -0.4 is 11.1 Å². The molecule has 0 unspecified atom stereocenters. The summed E-state index contributed by atoms with van der Waals surface area (Å²) in [6, 6.07) is 24.7. The van der Waals surface area contributed by atoms with Gasteiger partial charge in [-0.3, -0.25) is 10.2 Å². The highest BCUT2D eigenvalue weighted by Gasteiger charge is 2.38. The van der Waals surface area contributed by atoms with Crippen molar-refractivity contribution in [1.82, 2.24) is 9.88 Å². The van der Waals surface area contributed by atoms with Crippen molar-refractivity contribution in [2.75, 3.05) is 0 Å². The minimum atomic E-state index is -5.08. The first-order chi connectivity index (χ1) is 17.5. The summed E-state index contributed by atoms with van der Waals surface area (Å²) < 4.78 is 33.7. The van der Waals surface area contributed by atoms with E-state index < -0.39 is 12.1 Å². The van der Waals surface area contributed by atoms with Crippen LogP contribution in [0, 0.1) is 5.41 Å². The van der Waals surface area contributed by atoms with Crippen molar-refractivity contribution in [2.45, 2.75) is 19.3 Å². The number of amides is 1. The molecule has 0 bridgehead atoms. The van der Waals surface area contributed by atoms with Crippen molar-refractivity contribution < 1.29 is 27.9 Å². The van der Waals surface area contributed by atoms with Crippen molar-refractivity contribution in [3.05, 3.63) is 106 Å². The Kier molecular flexibility index (Phi) is 8.56. The number of alkyl halides is 3. The molecule has 37 heavy (non-hydrogen) atoms. The van der Waals surface area contributed by atoms with E-state index in [1.165, 1.54) is 0 Å². The summed E-state index contributed by atoms with van der Waals surface area (Å²) in [5.41, 5.74) is 9.80. The SMILES string of the molecule is N=C(N)c1cccc(Cn2c(C(=O)NCc3ccc(Cl)cc3)cc3ccccc32)c1.O=C(O)C(F)(F)F. The maximum absolute atomic E-state index is 13.0. The Balaban J connectivity index is 0.000000479. The van der Waals surface area contributed by atoms with Crippen LogP contribution in [0.1, 0.15) is 27.2 Å². The number of hydrogen-bond acceptors (Lipinski definition) is 3. The summed E-state index contributed by atoms with van der Waals surface area (Å²) in [7, 11) is 0. The van der Waals surface area contributed by atoms with E-state index >= 15 is 0 Å². The number of nitrogens with two attached hydrogens (primary N) is 1. The molecule has 3 aromatic carbocycles. The fraction of sp³-hybridized carbons (Fsp3) is 0.115. The topological polar surface area (TPSA) is 121 Å². The van der Waals surface area contributed by atoms with Crippen LogP contribution in [0.25, 0.3) is 10.9 Å². The number of halogens is 4. The Hall–Kier alpha value is -4.31. The number of para-hydroxylation sites is 1. The number of nitrogen functional groups attached to an aromatic ring is 1. The summed E-state index contributed by atoms with van der Waals surface area (Å²) >= 11 is 5.93. The molecule has 0 aliphatic rings. The number of amidine groups is 1. The van der Waals surface area contributed by atoms with Crippen molar-refractivity contribution in [1.29, 1.82) is 5.41 Å². The number of nitrogens with zero attached hydrogens (tertiary/aromatic N) is 1. The van der Waals surface area contributed by atoms with Gasteiger partial charge in [-0.15, -0.1) is 0 Å². The molecule has 1 heterocycles. The van der Waals surface area contributed by atoms with Gasteiger partial charge in [0.1, 0.15) is 11.5 Å². The van der Waals surface area contributed by atoms with Gasteiger partial charge in [0.25, 0.3) is 5.91 Å². The molecule has 0 radical (unpaired) electrons. The molecule has 192 valence electrons. The molecule has 1 amide bonds. The number of carboxylic acids is 1. The molecular formula is C26H22ClF3N4O3. The third kappa shape index (κ3) is 7.34. The molecule has 0 aliphatic carbocycles. The molecule has 5 N–H and O–H groups in total. The van der Waals surface area contributed by atoms with Gasteiger partial charge in [-0.2, -0.15) is 13.2 Å². The number of benzene rings is 3. The molecule has 11 heteroatoms. The second-order valence-corrected chi connectivity index (χ2v) is 8.34. The number of carboxylic acid groups (broad SMARTS) is 1. The molecule has 0 atom stereocenters. The Morgan fingerprint density at radius 2 is 1.62 bits per heavy atom. The van der Waals surface area contributed by atoms with Crippen LogP contribution >= 0.6 is 11.6 Å². The zero-order valence-electron chi connectivity index (χ0n) is 19.2. The van der Waals surface area contributed by atoms with E-state index in [1.807, 2.05) is 77.4 Å². The zero-order chi connectivity index (χ0) is 27.2. The third-order valence-corrected chi connectivity index (χ3v) is 5.48. The maximum atomic E-state index is 13.0. The smallest absolute Gasteiger partial charge is 0.475 e. The number of carbonyl (C=O) groups is 2.